The number of likely N-dealkylation sites (tertiary alicyclic amines) is 1. The van der Waals surface area contributed by atoms with Crippen LogP contribution in [0.5, 0.6) is 5.75 Å². The fraction of sp³-hybridized carbons (Fsp3) is 0.458. The van der Waals surface area contributed by atoms with Crippen LogP contribution in [0.2, 0.25) is 0 Å². The van der Waals surface area contributed by atoms with Gasteiger partial charge in [0.1, 0.15) is 5.75 Å². The largest absolute Gasteiger partial charge is 0.496 e. The van der Waals surface area contributed by atoms with Crippen molar-refractivity contribution in [2.75, 3.05) is 40.4 Å². The van der Waals surface area contributed by atoms with Crippen LogP contribution in [0.25, 0.3) is 0 Å². The summed E-state index contributed by atoms with van der Waals surface area (Å²) in [7, 11) is 3.46. The van der Waals surface area contributed by atoms with Gasteiger partial charge in [-0.25, -0.2) is 0 Å². The summed E-state index contributed by atoms with van der Waals surface area (Å²) in [6.07, 6.45) is 2.67. The molecule has 1 fully saturated rings. The maximum absolute atomic E-state index is 5.76. The fourth-order valence-corrected chi connectivity index (χ4v) is 3.61. The summed E-state index contributed by atoms with van der Waals surface area (Å²) < 4.78 is 11.1. The van der Waals surface area contributed by atoms with Crippen LogP contribution in [-0.2, 0) is 24.4 Å². The van der Waals surface area contributed by atoms with Crippen LogP contribution in [0.3, 0.4) is 0 Å². The summed E-state index contributed by atoms with van der Waals surface area (Å²) in [5, 5.41) is 6.65. The van der Waals surface area contributed by atoms with Crippen LogP contribution in [-0.4, -0.2) is 51.3 Å². The zero-order valence-corrected chi connectivity index (χ0v) is 18.2. The minimum atomic E-state index is 0.529. The minimum absolute atomic E-state index is 0.529. The lowest BCUT2D eigenvalue weighted by Crippen LogP contribution is -2.38. The molecule has 1 saturated heterocycles. The topological polar surface area (TPSA) is 58.1 Å². The van der Waals surface area contributed by atoms with Crippen LogP contribution in [0, 0.1) is 0 Å². The zero-order valence-electron chi connectivity index (χ0n) is 18.2. The standard InChI is InChI=1S/C24H34N4O2/c1-25-24(26-13-16-30-19-22-7-3-4-8-23(22)29-2)27-17-20-9-11-21(12-10-20)18-28-14-5-6-15-28/h3-4,7-12H,5-6,13-19H2,1-2H3,(H2,25,26,27). The average molecular weight is 411 g/mol. The van der Waals surface area contributed by atoms with Gasteiger partial charge in [0.2, 0.25) is 0 Å². The Labute approximate surface area is 180 Å². The molecule has 0 bridgehead atoms. The van der Waals surface area contributed by atoms with Crippen molar-refractivity contribution in [3.8, 4) is 5.75 Å². The van der Waals surface area contributed by atoms with Gasteiger partial charge in [0.05, 0.1) is 20.3 Å². The molecule has 162 valence electrons. The predicted molar refractivity (Wildman–Crippen MR) is 122 cm³/mol. The first-order valence-corrected chi connectivity index (χ1v) is 10.7. The van der Waals surface area contributed by atoms with Gasteiger partial charge in [0, 0.05) is 32.2 Å². The highest BCUT2D eigenvalue weighted by Gasteiger charge is 2.11. The minimum Gasteiger partial charge on any atom is -0.496 e. The smallest absolute Gasteiger partial charge is 0.191 e. The number of methoxy groups -OCH3 is 1. The highest BCUT2D eigenvalue weighted by Crippen LogP contribution is 2.17. The monoisotopic (exact) mass is 410 g/mol. The molecule has 2 aromatic carbocycles. The van der Waals surface area contributed by atoms with Crippen molar-refractivity contribution in [2.24, 2.45) is 4.99 Å². The summed E-state index contributed by atoms with van der Waals surface area (Å²) in [6.45, 7) is 6.06. The lowest BCUT2D eigenvalue weighted by Gasteiger charge is -2.15. The van der Waals surface area contributed by atoms with E-state index in [1.807, 2.05) is 24.3 Å². The third-order valence-electron chi connectivity index (χ3n) is 5.30. The van der Waals surface area contributed by atoms with Gasteiger partial charge in [-0.05, 0) is 43.1 Å². The van der Waals surface area contributed by atoms with Gasteiger partial charge >= 0.3 is 0 Å². The van der Waals surface area contributed by atoms with Gasteiger partial charge in [-0.1, -0.05) is 42.5 Å². The Bertz CT molecular complexity index is 786. The van der Waals surface area contributed by atoms with Gasteiger partial charge in [0.15, 0.2) is 5.96 Å². The first-order chi connectivity index (χ1) is 14.8. The van der Waals surface area contributed by atoms with E-state index in [4.69, 9.17) is 9.47 Å². The number of hydrogen-bond acceptors (Lipinski definition) is 4. The highest BCUT2D eigenvalue weighted by molar-refractivity contribution is 5.79. The Morgan fingerprint density at radius 2 is 1.73 bits per heavy atom. The van der Waals surface area contributed by atoms with Gasteiger partial charge in [-0.15, -0.1) is 0 Å². The maximum Gasteiger partial charge on any atom is 0.191 e. The zero-order chi connectivity index (χ0) is 21.0. The van der Waals surface area contributed by atoms with Crippen molar-refractivity contribution in [1.29, 1.82) is 0 Å². The second-order valence-electron chi connectivity index (χ2n) is 7.52. The number of guanidine groups is 1. The number of nitrogens with one attached hydrogen (secondary N) is 2. The Morgan fingerprint density at radius 3 is 2.47 bits per heavy atom. The number of benzene rings is 2. The lowest BCUT2D eigenvalue weighted by atomic mass is 10.1. The van der Waals surface area contributed by atoms with Crippen LogP contribution in [0.1, 0.15) is 29.5 Å². The van der Waals surface area contributed by atoms with E-state index in [-0.39, 0.29) is 0 Å². The molecule has 3 rings (SSSR count). The van der Waals surface area contributed by atoms with Crippen molar-refractivity contribution in [2.45, 2.75) is 32.5 Å². The Kier molecular flexibility index (Phi) is 9.00. The van der Waals surface area contributed by atoms with Crippen molar-refractivity contribution in [1.82, 2.24) is 15.5 Å². The van der Waals surface area contributed by atoms with Gasteiger partial charge < -0.3 is 20.1 Å². The van der Waals surface area contributed by atoms with E-state index in [0.717, 1.165) is 30.4 Å². The van der Waals surface area contributed by atoms with Crippen molar-refractivity contribution < 1.29 is 9.47 Å². The van der Waals surface area contributed by atoms with Crippen LogP contribution < -0.4 is 15.4 Å². The van der Waals surface area contributed by atoms with Crippen molar-refractivity contribution in [3.63, 3.8) is 0 Å². The average Bonchev–Trinajstić information content (AvgIpc) is 3.30. The molecular weight excluding hydrogens is 376 g/mol. The van der Waals surface area contributed by atoms with Crippen molar-refractivity contribution in [3.05, 3.63) is 65.2 Å². The first kappa shape index (κ1) is 22.1. The molecule has 1 heterocycles. The molecular formula is C24H34N4O2. The van der Waals surface area contributed by atoms with E-state index in [1.54, 1.807) is 14.2 Å². The van der Waals surface area contributed by atoms with Crippen LogP contribution in [0.4, 0.5) is 0 Å². The molecule has 0 aromatic heterocycles. The number of ether oxygens (including phenoxy) is 2. The molecule has 1 aliphatic rings. The maximum atomic E-state index is 5.76. The lowest BCUT2D eigenvalue weighted by molar-refractivity contribution is 0.123. The molecule has 6 heteroatoms. The third kappa shape index (κ3) is 7.04. The SMILES string of the molecule is CN=C(NCCOCc1ccccc1OC)NCc1ccc(CN2CCCC2)cc1. The summed E-state index contributed by atoms with van der Waals surface area (Å²) >= 11 is 0. The molecule has 6 nitrogen and oxygen atoms in total. The molecule has 2 N–H and O–H groups in total. The molecule has 1 aliphatic heterocycles. The summed E-state index contributed by atoms with van der Waals surface area (Å²) in [6, 6.07) is 16.8. The van der Waals surface area contributed by atoms with Crippen molar-refractivity contribution >= 4 is 5.96 Å². The summed E-state index contributed by atoms with van der Waals surface area (Å²) in [4.78, 5) is 6.81. The molecule has 2 aromatic rings. The van der Waals surface area contributed by atoms with E-state index in [1.165, 1.54) is 37.1 Å². The Balaban J connectivity index is 1.33. The van der Waals surface area contributed by atoms with Crippen LogP contribution in [0.15, 0.2) is 53.5 Å². The van der Waals surface area contributed by atoms with Gasteiger partial charge in [-0.3, -0.25) is 9.89 Å². The number of para-hydroxylation sites is 1. The quantitative estimate of drug-likeness (QED) is 0.358. The predicted octanol–water partition coefficient (Wildman–Crippen LogP) is 3.17. The fourth-order valence-electron chi connectivity index (χ4n) is 3.61. The molecule has 0 saturated carbocycles. The van der Waals surface area contributed by atoms with Crippen LogP contribution >= 0.6 is 0 Å². The van der Waals surface area contributed by atoms with E-state index in [2.05, 4.69) is 44.8 Å². The van der Waals surface area contributed by atoms with E-state index < -0.39 is 0 Å². The van der Waals surface area contributed by atoms with E-state index in [9.17, 15) is 0 Å². The first-order valence-electron chi connectivity index (χ1n) is 10.7. The second-order valence-corrected chi connectivity index (χ2v) is 7.52. The molecule has 0 unspecified atom stereocenters. The molecule has 0 spiro atoms. The van der Waals surface area contributed by atoms with Gasteiger partial charge in [0.25, 0.3) is 0 Å². The second kappa shape index (κ2) is 12.2. The summed E-state index contributed by atoms with van der Waals surface area (Å²) in [5.41, 5.74) is 3.68. The molecule has 30 heavy (non-hydrogen) atoms. The number of nitrogens with zero attached hydrogens (tertiary/aromatic N) is 2. The number of aliphatic imine (C=N–C) groups is 1. The van der Waals surface area contributed by atoms with E-state index >= 15 is 0 Å². The highest BCUT2D eigenvalue weighted by atomic mass is 16.5. The molecule has 0 atom stereocenters. The number of rotatable bonds is 10. The number of hydrogen-bond donors (Lipinski definition) is 2. The normalized spacial score (nSPS) is 14.7. The molecule has 0 aliphatic carbocycles. The third-order valence-corrected chi connectivity index (χ3v) is 5.30. The van der Waals surface area contributed by atoms with Gasteiger partial charge in [-0.2, -0.15) is 0 Å². The van der Waals surface area contributed by atoms with E-state index in [0.29, 0.717) is 19.8 Å². The molecule has 0 radical (unpaired) electrons. The Hall–Kier alpha value is -2.57. The Morgan fingerprint density at radius 1 is 1.00 bits per heavy atom. The molecule has 0 amide bonds. The summed E-state index contributed by atoms with van der Waals surface area (Å²) in [5.74, 6) is 1.63.